The number of hydrogen-bond acceptors (Lipinski definition) is 7. The number of nitrogens with zero attached hydrogens (tertiary/aromatic N) is 3. The molecule has 0 aliphatic rings. The predicted octanol–water partition coefficient (Wildman–Crippen LogP) is 4.45. The second kappa shape index (κ2) is 10.9. The maximum Gasteiger partial charge on any atom is 0.187 e. The van der Waals surface area contributed by atoms with Gasteiger partial charge < -0.3 is 19.5 Å². The van der Waals surface area contributed by atoms with Gasteiger partial charge in [0.1, 0.15) is 16.6 Å². The zero-order valence-corrected chi connectivity index (χ0v) is 20.2. The molecule has 34 heavy (non-hydrogen) atoms. The minimum atomic E-state index is -1.03. The van der Waals surface area contributed by atoms with E-state index in [0.29, 0.717) is 35.9 Å². The lowest BCUT2D eigenvalue weighted by molar-refractivity contribution is 0.191. The van der Waals surface area contributed by atoms with Crippen LogP contribution in [-0.4, -0.2) is 42.7 Å². The summed E-state index contributed by atoms with van der Waals surface area (Å²) in [6.07, 6.45) is 2.97. The highest BCUT2D eigenvalue weighted by atomic mass is 32.2. The summed E-state index contributed by atoms with van der Waals surface area (Å²) in [5.41, 5.74) is 4.95. The number of rotatable bonds is 9. The average molecular weight is 477 g/mol. The minimum absolute atomic E-state index is 0.0672. The highest BCUT2D eigenvalue weighted by molar-refractivity contribution is 7.92. The van der Waals surface area contributed by atoms with Crippen molar-refractivity contribution in [3.05, 3.63) is 72.6 Å². The lowest BCUT2D eigenvalue weighted by Crippen LogP contribution is -2.23. The first-order valence-corrected chi connectivity index (χ1v) is 12.4. The van der Waals surface area contributed by atoms with Gasteiger partial charge in [-0.1, -0.05) is 29.4 Å². The summed E-state index contributed by atoms with van der Waals surface area (Å²) in [5, 5.41) is 16.8. The molecule has 0 saturated carbocycles. The van der Waals surface area contributed by atoms with Gasteiger partial charge in [0.2, 0.25) is 0 Å². The molecular weight excluding hydrogens is 448 g/mol. The fourth-order valence-electron chi connectivity index (χ4n) is 3.41. The molecule has 0 amide bonds. The number of benzene rings is 2. The molecule has 176 valence electrons. The van der Waals surface area contributed by atoms with E-state index in [1.165, 1.54) is 0 Å². The Hall–Kier alpha value is -3.04. The number of hydrogen-bond donors (Lipinski definition) is 2. The summed E-state index contributed by atoms with van der Waals surface area (Å²) in [4.78, 5) is 9.81. The van der Waals surface area contributed by atoms with Crippen molar-refractivity contribution in [2.45, 2.75) is 43.6 Å². The molecule has 0 fully saturated rings. The molecule has 2 unspecified atom stereocenters. The van der Waals surface area contributed by atoms with E-state index in [2.05, 4.69) is 15.5 Å². The summed E-state index contributed by atoms with van der Waals surface area (Å²) >= 11 is -1.03. The van der Waals surface area contributed by atoms with E-state index < -0.39 is 11.2 Å². The van der Waals surface area contributed by atoms with E-state index in [-0.39, 0.29) is 11.4 Å². The molecule has 0 aliphatic carbocycles. The van der Waals surface area contributed by atoms with Gasteiger partial charge >= 0.3 is 0 Å². The SMILES string of the molecule is CC(O)CNCc1ccc(-c2cc(-c3cncc(-c4ccc([S+]([O-])C(C)C)cc4)n3)on2)cc1. The van der Waals surface area contributed by atoms with Crippen molar-refractivity contribution in [3.8, 4) is 34.0 Å². The van der Waals surface area contributed by atoms with Gasteiger partial charge in [0, 0.05) is 30.3 Å². The van der Waals surface area contributed by atoms with E-state index in [0.717, 1.165) is 21.6 Å². The van der Waals surface area contributed by atoms with Crippen molar-refractivity contribution < 1.29 is 14.2 Å². The largest absolute Gasteiger partial charge is 0.611 e. The van der Waals surface area contributed by atoms with Crippen LogP contribution in [0.3, 0.4) is 0 Å². The molecule has 0 saturated heterocycles. The van der Waals surface area contributed by atoms with Crippen LogP contribution in [0.1, 0.15) is 26.3 Å². The molecule has 4 aromatic rings. The monoisotopic (exact) mass is 476 g/mol. The van der Waals surface area contributed by atoms with Crippen molar-refractivity contribution >= 4 is 11.2 Å². The quantitative estimate of drug-likeness (QED) is 0.344. The minimum Gasteiger partial charge on any atom is -0.611 e. The van der Waals surface area contributed by atoms with Crippen LogP contribution in [0.25, 0.3) is 34.0 Å². The lowest BCUT2D eigenvalue weighted by atomic mass is 10.1. The molecule has 8 heteroatoms. The first-order valence-electron chi connectivity index (χ1n) is 11.2. The lowest BCUT2D eigenvalue weighted by Gasteiger charge is -2.14. The third-order valence-electron chi connectivity index (χ3n) is 5.23. The zero-order chi connectivity index (χ0) is 24.1. The predicted molar refractivity (Wildman–Crippen MR) is 133 cm³/mol. The Kier molecular flexibility index (Phi) is 7.74. The average Bonchev–Trinajstić information content (AvgIpc) is 3.34. The Labute approximate surface area is 202 Å². The highest BCUT2D eigenvalue weighted by Gasteiger charge is 2.16. The Morgan fingerprint density at radius 2 is 1.59 bits per heavy atom. The van der Waals surface area contributed by atoms with E-state index in [1.54, 1.807) is 19.3 Å². The molecule has 2 aromatic heterocycles. The van der Waals surface area contributed by atoms with E-state index in [9.17, 15) is 9.66 Å². The van der Waals surface area contributed by atoms with Crippen molar-refractivity contribution in [1.82, 2.24) is 20.4 Å². The Balaban J connectivity index is 1.48. The van der Waals surface area contributed by atoms with Gasteiger partial charge in [-0.2, -0.15) is 0 Å². The van der Waals surface area contributed by atoms with Gasteiger partial charge in [0.25, 0.3) is 0 Å². The van der Waals surface area contributed by atoms with Crippen LogP contribution in [0.2, 0.25) is 0 Å². The first kappa shape index (κ1) is 24.1. The Bertz CT molecular complexity index is 1210. The van der Waals surface area contributed by atoms with Crippen LogP contribution in [-0.2, 0) is 17.7 Å². The van der Waals surface area contributed by atoms with Crippen molar-refractivity contribution in [2.75, 3.05) is 6.54 Å². The number of nitrogens with one attached hydrogen (secondary N) is 1. The van der Waals surface area contributed by atoms with Crippen molar-refractivity contribution in [1.29, 1.82) is 0 Å². The fourth-order valence-corrected chi connectivity index (χ4v) is 4.36. The van der Waals surface area contributed by atoms with Crippen LogP contribution in [0.15, 0.2) is 76.4 Å². The normalized spacial score (nSPS) is 13.2. The zero-order valence-electron chi connectivity index (χ0n) is 19.4. The molecule has 2 atom stereocenters. The van der Waals surface area contributed by atoms with Crippen LogP contribution in [0, 0.1) is 0 Å². The first-order chi connectivity index (χ1) is 16.4. The smallest absolute Gasteiger partial charge is 0.187 e. The van der Waals surface area contributed by atoms with Crippen LogP contribution < -0.4 is 5.32 Å². The fraction of sp³-hybridized carbons (Fsp3) is 0.269. The summed E-state index contributed by atoms with van der Waals surface area (Å²) in [5.74, 6) is 0.532. The van der Waals surface area contributed by atoms with Crippen LogP contribution >= 0.6 is 0 Å². The maximum absolute atomic E-state index is 12.3. The summed E-state index contributed by atoms with van der Waals surface area (Å²) < 4.78 is 17.9. The molecule has 0 spiro atoms. The Morgan fingerprint density at radius 3 is 2.26 bits per heavy atom. The van der Waals surface area contributed by atoms with Gasteiger partial charge in [-0.3, -0.25) is 4.98 Å². The third-order valence-corrected chi connectivity index (χ3v) is 6.82. The molecular formula is C26H28N4O3S. The maximum atomic E-state index is 12.3. The van der Waals surface area contributed by atoms with E-state index in [1.807, 2.05) is 68.4 Å². The van der Waals surface area contributed by atoms with Gasteiger partial charge in [-0.15, -0.1) is 0 Å². The van der Waals surface area contributed by atoms with E-state index in [4.69, 9.17) is 9.51 Å². The van der Waals surface area contributed by atoms with Gasteiger partial charge in [-0.05, 0) is 61.8 Å². The Morgan fingerprint density at radius 1 is 0.941 bits per heavy atom. The molecule has 2 N–H and O–H groups in total. The number of aliphatic hydroxyl groups is 1. The van der Waals surface area contributed by atoms with E-state index >= 15 is 0 Å². The number of aromatic nitrogens is 3. The second-order valence-corrected chi connectivity index (χ2v) is 10.4. The number of aliphatic hydroxyl groups excluding tert-OH is 1. The van der Waals surface area contributed by atoms with Gasteiger partial charge in [0.05, 0.1) is 24.2 Å². The molecule has 0 bridgehead atoms. The molecule has 0 aliphatic heterocycles. The van der Waals surface area contributed by atoms with Crippen molar-refractivity contribution in [2.24, 2.45) is 0 Å². The summed E-state index contributed by atoms with van der Waals surface area (Å²) in [7, 11) is 0. The topological polar surface area (TPSA) is 107 Å². The molecule has 2 heterocycles. The summed E-state index contributed by atoms with van der Waals surface area (Å²) in [6.45, 7) is 6.87. The second-order valence-electron chi connectivity index (χ2n) is 8.41. The standard InChI is InChI=1S/C26H28N4O3S/c1-17(2)34(32)22-10-8-21(9-11-22)24-15-28-16-25(29-24)26-12-23(30-33-26)20-6-4-19(5-7-20)14-27-13-18(3)31/h4-12,15-18,27,31H,13-14H2,1-3H3. The van der Waals surface area contributed by atoms with Crippen LogP contribution in [0.5, 0.6) is 0 Å². The van der Waals surface area contributed by atoms with Crippen LogP contribution in [0.4, 0.5) is 0 Å². The van der Waals surface area contributed by atoms with Crippen molar-refractivity contribution in [3.63, 3.8) is 0 Å². The molecule has 2 aromatic carbocycles. The highest BCUT2D eigenvalue weighted by Crippen LogP contribution is 2.27. The van der Waals surface area contributed by atoms with Gasteiger partial charge in [-0.25, -0.2) is 4.98 Å². The summed E-state index contributed by atoms with van der Waals surface area (Å²) in [6, 6.07) is 17.4. The third kappa shape index (κ3) is 5.90. The molecule has 0 radical (unpaired) electrons. The molecule has 4 rings (SSSR count). The molecule has 7 nitrogen and oxygen atoms in total. The van der Waals surface area contributed by atoms with Gasteiger partial charge in [0.15, 0.2) is 10.7 Å².